The van der Waals surface area contributed by atoms with E-state index in [0.29, 0.717) is 17.2 Å². The topological polar surface area (TPSA) is 86.0 Å². The van der Waals surface area contributed by atoms with Crippen LogP contribution in [-0.2, 0) is 4.79 Å². The Bertz CT molecular complexity index is 552. The Kier molecular flexibility index (Phi) is 2.86. The molecular formula is C14H15N3O2. The van der Waals surface area contributed by atoms with E-state index in [4.69, 9.17) is 5.26 Å². The predicted molar refractivity (Wildman–Crippen MR) is 68.3 cm³/mol. The summed E-state index contributed by atoms with van der Waals surface area (Å²) in [5.41, 5.74) is 1.16. The van der Waals surface area contributed by atoms with Crippen molar-refractivity contribution in [1.82, 2.24) is 4.98 Å². The zero-order chi connectivity index (χ0) is 13.4. The van der Waals surface area contributed by atoms with Gasteiger partial charge in [0.1, 0.15) is 6.07 Å². The molecule has 98 valence electrons. The lowest BCUT2D eigenvalue weighted by molar-refractivity contribution is -0.143. The third-order valence-electron chi connectivity index (χ3n) is 4.47. The molecule has 0 saturated heterocycles. The van der Waals surface area contributed by atoms with E-state index < -0.39 is 5.97 Å². The fourth-order valence-corrected chi connectivity index (χ4v) is 3.64. The number of pyridine rings is 1. The van der Waals surface area contributed by atoms with Crippen molar-refractivity contribution >= 4 is 11.7 Å². The fraction of sp³-hybridized carbons (Fsp3) is 0.500. The van der Waals surface area contributed by atoms with E-state index in [-0.39, 0.29) is 17.9 Å². The highest BCUT2D eigenvalue weighted by Crippen LogP contribution is 2.49. The van der Waals surface area contributed by atoms with E-state index in [0.717, 1.165) is 19.3 Å². The van der Waals surface area contributed by atoms with Crippen LogP contribution >= 0.6 is 0 Å². The van der Waals surface area contributed by atoms with Gasteiger partial charge >= 0.3 is 5.97 Å². The molecule has 5 nitrogen and oxygen atoms in total. The van der Waals surface area contributed by atoms with Crippen molar-refractivity contribution < 1.29 is 9.90 Å². The molecule has 19 heavy (non-hydrogen) atoms. The molecule has 0 spiro atoms. The smallest absolute Gasteiger partial charge is 0.308 e. The Balaban J connectivity index is 1.86. The first-order valence-electron chi connectivity index (χ1n) is 6.54. The molecule has 2 bridgehead atoms. The summed E-state index contributed by atoms with van der Waals surface area (Å²) in [6, 6.07) is 3.68. The molecule has 4 atom stereocenters. The molecule has 2 aliphatic rings. The number of carboxylic acid groups (broad SMARTS) is 1. The van der Waals surface area contributed by atoms with Crippen molar-refractivity contribution in [3.05, 3.63) is 24.0 Å². The number of carboxylic acids is 1. The highest BCUT2D eigenvalue weighted by Gasteiger charge is 2.51. The maximum atomic E-state index is 11.4. The molecular weight excluding hydrogens is 242 g/mol. The Morgan fingerprint density at radius 3 is 3.00 bits per heavy atom. The maximum Gasteiger partial charge on any atom is 0.308 e. The van der Waals surface area contributed by atoms with Crippen molar-refractivity contribution in [2.24, 2.45) is 17.8 Å². The Labute approximate surface area is 111 Å². The number of carbonyl (C=O) groups is 1. The summed E-state index contributed by atoms with van der Waals surface area (Å²) in [5, 5.41) is 21.7. The van der Waals surface area contributed by atoms with Crippen molar-refractivity contribution in [2.45, 2.75) is 25.3 Å². The third-order valence-corrected chi connectivity index (χ3v) is 4.47. The van der Waals surface area contributed by atoms with Gasteiger partial charge in [-0.2, -0.15) is 5.26 Å². The number of aromatic nitrogens is 1. The SMILES string of the molecule is N#Cc1ccncc1NC1C2CCC(C2)C1C(=O)O. The van der Waals surface area contributed by atoms with E-state index in [1.165, 1.54) is 0 Å². The predicted octanol–water partition coefficient (Wildman–Crippen LogP) is 1.86. The highest BCUT2D eigenvalue weighted by molar-refractivity contribution is 5.73. The lowest BCUT2D eigenvalue weighted by Gasteiger charge is -2.29. The van der Waals surface area contributed by atoms with Crippen molar-refractivity contribution in [3.8, 4) is 6.07 Å². The molecule has 3 rings (SSSR count). The van der Waals surface area contributed by atoms with Crippen LogP contribution in [0.5, 0.6) is 0 Å². The molecule has 1 heterocycles. The van der Waals surface area contributed by atoms with Crippen LogP contribution in [0.4, 0.5) is 5.69 Å². The van der Waals surface area contributed by atoms with Crippen LogP contribution in [0, 0.1) is 29.1 Å². The van der Waals surface area contributed by atoms with Gasteiger partial charge in [0.2, 0.25) is 0 Å². The van der Waals surface area contributed by atoms with Crippen molar-refractivity contribution in [1.29, 1.82) is 5.26 Å². The summed E-state index contributed by atoms with van der Waals surface area (Å²) in [7, 11) is 0. The Hall–Kier alpha value is -2.09. The van der Waals surface area contributed by atoms with Crippen LogP contribution in [0.1, 0.15) is 24.8 Å². The number of fused-ring (bicyclic) bond motifs is 2. The Morgan fingerprint density at radius 1 is 1.47 bits per heavy atom. The summed E-state index contributed by atoms with van der Waals surface area (Å²) in [5.74, 6) is -0.391. The van der Waals surface area contributed by atoms with Gasteiger partial charge in [0.25, 0.3) is 0 Å². The highest BCUT2D eigenvalue weighted by atomic mass is 16.4. The Morgan fingerprint density at radius 2 is 2.26 bits per heavy atom. The monoisotopic (exact) mass is 257 g/mol. The van der Waals surface area contributed by atoms with Crippen LogP contribution < -0.4 is 5.32 Å². The van der Waals surface area contributed by atoms with Gasteiger partial charge in [0.15, 0.2) is 0 Å². The first-order chi connectivity index (χ1) is 9.20. The largest absolute Gasteiger partial charge is 0.481 e. The number of anilines is 1. The second-order valence-electron chi connectivity index (χ2n) is 5.40. The third kappa shape index (κ3) is 1.93. The molecule has 2 saturated carbocycles. The van der Waals surface area contributed by atoms with Gasteiger partial charge in [-0.25, -0.2) is 0 Å². The number of hydrogen-bond donors (Lipinski definition) is 2. The van der Waals surface area contributed by atoms with Crippen LogP contribution in [0.15, 0.2) is 18.5 Å². The number of aliphatic carboxylic acids is 1. The van der Waals surface area contributed by atoms with E-state index >= 15 is 0 Å². The van der Waals surface area contributed by atoms with E-state index in [9.17, 15) is 9.90 Å². The van der Waals surface area contributed by atoms with Crippen LogP contribution in [0.25, 0.3) is 0 Å². The minimum atomic E-state index is -0.730. The molecule has 1 aromatic heterocycles. The molecule has 0 radical (unpaired) electrons. The van der Waals surface area contributed by atoms with Gasteiger partial charge in [0.05, 0.1) is 23.4 Å². The standard InChI is InChI=1S/C14H15N3O2/c15-6-10-3-4-16-7-11(10)17-13-9-2-1-8(5-9)12(13)14(18)19/h3-4,7-9,12-13,17H,1-2,5H2,(H,18,19). The minimum absolute atomic E-state index is 0.0763. The van der Waals surface area contributed by atoms with Crippen LogP contribution in [-0.4, -0.2) is 22.1 Å². The quantitative estimate of drug-likeness (QED) is 0.863. The molecule has 5 heteroatoms. The second-order valence-corrected chi connectivity index (χ2v) is 5.40. The summed E-state index contributed by atoms with van der Waals surface area (Å²) in [6.45, 7) is 0. The number of rotatable bonds is 3. The van der Waals surface area contributed by atoms with Crippen molar-refractivity contribution in [2.75, 3.05) is 5.32 Å². The molecule has 0 aromatic carbocycles. The lowest BCUT2D eigenvalue weighted by atomic mass is 9.84. The molecule has 2 aliphatic carbocycles. The normalized spacial score (nSPS) is 31.9. The van der Waals surface area contributed by atoms with Gasteiger partial charge in [0, 0.05) is 12.2 Å². The minimum Gasteiger partial charge on any atom is -0.481 e. The number of nitriles is 1. The fourth-order valence-electron chi connectivity index (χ4n) is 3.64. The molecule has 4 unspecified atom stereocenters. The van der Waals surface area contributed by atoms with Gasteiger partial charge in [-0.1, -0.05) is 0 Å². The summed E-state index contributed by atoms with van der Waals surface area (Å²) >= 11 is 0. The van der Waals surface area contributed by atoms with E-state index in [1.807, 2.05) is 0 Å². The van der Waals surface area contributed by atoms with Gasteiger partial charge in [-0.15, -0.1) is 0 Å². The molecule has 0 aliphatic heterocycles. The van der Waals surface area contributed by atoms with Crippen LogP contribution in [0.2, 0.25) is 0 Å². The lowest BCUT2D eigenvalue weighted by Crippen LogP contribution is -2.39. The zero-order valence-corrected chi connectivity index (χ0v) is 10.4. The molecule has 0 amide bonds. The van der Waals surface area contributed by atoms with Crippen LogP contribution in [0.3, 0.4) is 0 Å². The molecule has 2 fully saturated rings. The van der Waals surface area contributed by atoms with Gasteiger partial charge in [-0.3, -0.25) is 9.78 Å². The number of hydrogen-bond acceptors (Lipinski definition) is 4. The molecule has 2 N–H and O–H groups in total. The summed E-state index contributed by atoms with van der Waals surface area (Å²) < 4.78 is 0. The maximum absolute atomic E-state index is 11.4. The average Bonchev–Trinajstić information content (AvgIpc) is 3.00. The van der Waals surface area contributed by atoms with Crippen molar-refractivity contribution in [3.63, 3.8) is 0 Å². The first kappa shape index (κ1) is 12.0. The summed E-state index contributed by atoms with van der Waals surface area (Å²) in [6.07, 6.45) is 6.24. The molecule has 1 aromatic rings. The first-order valence-corrected chi connectivity index (χ1v) is 6.54. The summed E-state index contributed by atoms with van der Waals surface area (Å²) in [4.78, 5) is 15.4. The van der Waals surface area contributed by atoms with E-state index in [1.54, 1.807) is 18.5 Å². The zero-order valence-electron chi connectivity index (χ0n) is 10.4. The average molecular weight is 257 g/mol. The van der Waals surface area contributed by atoms with Gasteiger partial charge < -0.3 is 10.4 Å². The van der Waals surface area contributed by atoms with Gasteiger partial charge in [-0.05, 0) is 37.2 Å². The number of nitrogens with zero attached hydrogens (tertiary/aromatic N) is 2. The second kappa shape index (κ2) is 4.54. The number of nitrogens with one attached hydrogen (secondary N) is 1. The van der Waals surface area contributed by atoms with E-state index in [2.05, 4.69) is 16.4 Å².